The molecule has 1 heterocycles. The molecule has 0 aliphatic carbocycles. The van der Waals surface area contributed by atoms with E-state index in [1.165, 1.54) is 0 Å². The number of amides is 1. The molecule has 8 heteroatoms. The molecule has 3 aromatic rings. The molecule has 0 saturated heterocycles. The van der Waals surface area contributed by atoms with Crippen LogP contribution in [0.4, 0.5) is 0 Å². The lowest BCUT2D eigenvalue weighted by Crippen LogP contribution is -2.41. The Hall–Kier alpha value is -4.33. The predicted molar refractivity (Wildman–Crippen MR) is 145 cm³/mol. The van der Waals surface area contributed by atoms with Gasteiger partial charge in [0.2, 0.25) is 5.91 Å². The topological polar surface area (TPSA) is 75.7 Å². The molecule has 1 unspecified atom stereocenters. The minimum absolute atomic E-state index is 0.122. The van der Waals surface area contributed by atoms with Crippen molar-refractivity contribution in [2.75, 3.05) is 48.7 Å². The minimum atomic E-state index is -0.330. The second-order valence-electron chi connectivity index (χ2n) is 8.64. The van der Waals surface area contributed by atoms with Crippen LogP contribution in [0.25, 0.3) is 6.08 Å². The van der Waals surface area contributed by atoms with Crippen LogP contribution in [0.1, 0.15) is 22.7 Å². The van der Waals surface area contributed by atoms with Crippen LogP contribution in [0, 0.1) is 0 Å². The molecule has 1 atom stereocenters. The number of hydrogen-bond acceptors (Lipinski definition) is 7. The van der Waals surface area contributed by atoms with Crippen molar-refractivity contribution in [2.24, 2.45) is 0 Å². The monoisotopic (exact) mass is 519 g/mol. The Morgan fingerprint density at radius 3 is 2.08 bits per heavy atom. The van der Waals surface area contributed by atoms with Crippen LogP contribution in [-0.2, 0) is 11.2 Å². The second-order valence-corrected chi connectivity index (χ2v) is 8.64. The van der Waals surface area contributed by atoms with Crippen LogP contribution in [0.3, 0.4) is 0 Å². The van der Waals surface area contributed by atoms with Crippen molar-refractivity contribution in [3.63, 3.8) is 0 Å². The Morgan fingerprint density at radius 1 is 0.789 bits per heavy atom. The zero-order valence-corrected chi connectivity index (χ0v) is 22.4. The Kier molecular flexibility index (Phi) is 8.63. The fourth-order valence-corrected chi connectivity index (χ4v) is 4.54. The van der Waals surface area contributed by atoms with E-state index in [4.69, 9.17) is 28.4 Å². The van der Waals surface area contributed by atoms with Crippen molar-refractivity contribution in [3.05, 3.63) is 77.4 Å². The lowest BCUT2D eigenvalue weighted by molar-refractivity contribution is -0.129. The first-order valence-electron chi connectivity index (χ1n) is 12.2. The standard InChI is InChI=1S/C30H33NO7/c1-33-22-8-10-23(11-9-22)38-19-25-24-18-29(37-5)28(36-4)17-21(24)14-15-31(25)30(32)13-7-20-6-12-26(34-2)27(16-20)35-3/h6-13,16-18,25H,14-15,19H2,1-5H3. The fourth-order valence-electron chi connectivity index (χ4n) is 4.54. The van der Waals surface area contributed by atoms with Crippen LogP contribution >= 0.6 is 0 Å². The highest BCUT2D eigenvalue weighted by molar-refractivity contribution is 5.92. The number of nitrogens with zero attached hydrogens (tertiary/aromatic N) is 1. The van der Waals surface area contributed by atoms with Crippen LogP contribution in [0.15, 0.2) is 60.7 Å². The molecule has 0 N–H and O–H groups in total. The molecule has 1 aliphatic rings. The molecule has 38 heavy (non-hydrogen) atoms. The number of benzene rings is 3. The van der Waals surface area contributed by atoms with Crippen LogP contribution < -0.4 is 28.4 Å². The van der Waals surface area contributed by atoms with Gasteiger partial charge in [0, 0.05) is 12.6 Å². The number of hydrogen-bond donors (Lipinski definition) is 0. The highest BCUT2D eigenvalue weighted by Gasteiger charge is 2.32. The first-order valence-corrected chi connectivity index (χ1v) is 12.2. The molecule has 4 rings (SSSR count). The molecule has 0 saturated carbocycles. The normalized spacial score (nSPS) is 14.6. The first kappa shape index (κ1) is 26.7. The summed E-state index contributed by atoms with van der Waals surface area (Å²) in [6.07, 6.45) is 4.04. The Bertz CT molecular complexity index is 1290. The molecular weight excluding hydrogens is 486 g/mol. The molecule has 8 nitrogen and oxygen atoms in total. The molecule has 0 spiro atoms. The Labute approximate surface area is 223 Å². The summed E-state index contributed by atoms with van der Waals surface area (Å²) in [6, 6.07) is 16.5. The summed E-state index contributed by atoms with van der Waals surface area (Å²) in [6.45, 7) is 0.805. The van der Waals surface area contributed by atoms with Crippen molar-refractivity contribution in [1.82, 2.24) is 4.90 Å². The molecule has 3 aromatic carbocycles. The lowest BCUT2D eigenvalue weighted by atomic mass is 9.92. The lowest BCUT2D eigenvalue weighted by Gasteiger charge is -2.37. The molecule has 0 radical (unpaired) electrons. The number of carbonyl (C=O) groups is 1. The quantitative estimate of drug-likeness (QED) is 0.351. The van der Waals surface area contributed by atoms with E-state index < -0.39 is 0 Å². The molecule has 1 aliphatic heterocycles. The number of rotatable bonds is 10. The Balaban J connectivity index is 1.62. The van der Waals surface area contributed by atoms with Crippen LogP contribution in [-0.4, -0.2) is 59.5 Å². The maximum Gasteiger partial charge on any atom is 0.247 e. The van der Waals surface area contributed by atoms with Crippen molar-refractivity contribution in [2.45, 2.75) is 12.5 Å². The summed E-state index contributed by atoms with van der Waals surface area (Å²) in [7, 11) is 8.01. The molecule has 200 valence electrons. The summed E-state index contributed by atoms with van der Waals surface area (Å²) < 4.78 is 33.2. The van der Waals surface area contributed by atoms with E-state index in [-0.39, 0.29) is 18.6 Å². The van der Waals surface area contributed by atoms with Gasteiger partial charge in [-0.05, 0) is 77.7 Å². The highest BCUT2D eigenvalue weighted by atomic mass is 16.5. The molecule has 1 amide bonds. The third-order valence-electron chi connectivity index (χ3n) is 6.58. The molecular formula is C30H33NO7. The van der Waals surface area contributed by atoms with Gasteiger partial charge in [0.05, 0.1) is 41.6 Å². The van der Waals surface area contributed by atoms with Gasteiger partial charge in [0.25, 0.3) is 0 Å². The van der Waals surface area contributed by atoms with Gasteiger partial charge >= 0.3 is 0 Å². The summed E-state index contributed by atoms with van der Waals surface area (Å²) >= 11 is 0. The van der Waals surface area contributed by atoms with Gasteiger partial charge in [-0.25, -0.2) is 0 Å². The van der Waals surface area contributed by atoms with Gasteiger partial charge < -0.3 is 33.3 Å². The molecule has 0 bridgehead atoms. The average molecular weight is 520 g/mol. The van der Waals surface area contributed by atoms with E-state index in [0.29, 0.717) is 41.7 Å². The van der Waals surface area contributed by atoms with E-state index in [1.807, 2.05) is 59.5 Å². The maximum atomic E-state index is 13.5. The second kappa shape index (κ2) is 12.3. The van der Waals surface area contributed by atoms with Gasteiger partial charge in [0.1, 0.15) is 18.1 Å². The highest BCUT2D eigenvalue weighted by Crippen LogP contribution is 2.39. The average Bonchev–Trinajstić information content (AvgIpc) is 2.97. The van der Waals surface area contributed by atoms with E-state index in [2.05, 4.69) is 0 Å². The molecule has 0 aromatic heterocycles. The number of fused-ring (bicyclic) bond motifs is 1. The minimum Gasteiger partial charge on any atom is -0.497 e. The van der Waals surface area contributed by atoms with Gasteiger partial charge in [-0.2, -0.15) is 0 Å². The fraction of sp³-hybridized carbons (Fsp3) is 0.300. The number of carbonyl (C=O) groups excluding carboxylic acids is 1. The predicted octanol–water partition coefficient (Wildman–Crippen LogP) is 4.95. The van der Waals surface area contributed by atoms with E-state index in [0.717, 1.165) is 22.4 Å². The van der Waals surface area contributed by atoms with Gasteiger partial charge in [-0.3, -0.25) is 4.79 Å². The van der Waals surface area contributed by atoms with E-state index >= 15 is 0 Å². The third kappa shape index (κ3) is 5.80. The van der Waals surface area contributed by atoms with Gasteiger partial charge in [-0.1, -0.05) is 6.07 Å². The maximum absolute atomic E-state index is 13.5. The SMILES string of the molecule is COc1ccc(OCC2c3cc(OC)c(OC)cc3CCN2C(=O)C=Cc2ccc(OC)c(OC)c2)cc1. The van der Waals surface area contributed by atoms with Gasteiger partial charge in [-0.15, -0.1) is 0 Å². The summed E-state index contributed by atoms with van der Waals surface area (Å²) in [4.78, 5) is 15.3. The van der Waals surface area contributed by atoms with Crippen LogP contribution in [0.2, 0.25) is 0 Å². The van der Waals surface area contributed by atoms with Crippen molar-refractivity contribution < 1.29 is 33.2 Å². The summed E-state index contributed by atoms with van der Waals surface area (Å²) in [5.41, 5.74) is 2.89. The zero-order valence-electron chi connectivity index (χ0n) is 22.4. The summed E-state index contributed by atoms with van der Waals surface area (Å²) in [5.74, 6) is 3.80. The largest absolute Gasteiger partial charge is 0.497 e. The van der Waals surface area contributed by atoms with E-state index in [1.54, 1.807) is 47.7 Å². The van der Waals surface area contributed by atoms with Crippen LogP contribution in [0.5, 0.6) is 34.5 Å². The van der Waals surface area contributed by atoms with E-state index in [9.17, 15) is 4.79 Å². The first-order chi connectivity index (χ1) is 18.5. The van der Waals surface area contributed by atoms with Gasteiger partial charge in [0.15, 0.2) is 23.0 Å². The Morgan fingerprint density at radius 2 is 1.42 bits per heavy atom. The number of methoxy groups -OCH3 is 5. The smallest absolute Gasteiger partial charge is 0.247 e. The zero-order chi connectivity index (χ0) is 27.1. The van der Waals surface area contributed by atoms with Crippen molar-refractivity contribution in [3.8, 4) is 34.5 Å². The molecule has 0 fully saturated rings. The van der Waals surface area contributed by atoms with Crippen molar-refractivity contribution in [1.29, 1.82) is 0 Å². The number of ether oxygens (including phenoxy) is 6. The van der Waals surface area contributed by atoms with Crippen molar-refractivity contribution >= 4 is 12.0 Å². The summed E-state index contributed by atoms with van der Waals surface area (Å²) in [5, 5.41) is 0. The third-order valence-corrected chi connectivity index (χ3v) is 6.58.